The van der Waals surface area contributed by atoms with Gasteiger partial charge in [-0.2, -0.15) is 0 Å². The van der Waals surface area contributed by atoms with E-state index in [4.69, 9.17) is 16.7 Å². The number of hydrogen-bond donors (Lipinski definition) is 1. The maximum absolute atomic E-state index is 10.5. The maximum Gasteiger partial charge on any atom is 0.309 e. The van der Waals surface area contributed by atoms with E-state index in [1.54, 1.807) is 13.8 Å². The van der Waals surface area contributed by atoms with Gasteiger partial charge in [0.25, 0.3) is 0 Å². The zero-order valence-corrected chi connectivity index (χ0v) is 8.34. The first kappa shape index (κ1) is 13.6. The van der Waals surface area contributed by atoms with Crippen LogP contribution in [-0.4, -0.2) is 17.0 Å². The van der Waals surface area contributed by atoms with Crippen LogP contribution in [0.1, 0.15) is 26.7 Å². The van der Waals surface area contributed by atoms with Crippen molar-refractivity contribution in [2.24, 2.45) is 5.41 Å². The Hall–Kier alpha value is 0.0500. The van der Waals surface area contributed by atoms with Crippen LogP contribution in [0.2, 0.25) is 0 Å². The summed E-state index contributed by atoms with van der Waals surface area (Å²) in [6, 6.07) is 0. The molecule has 0 aromatic heterocycles. The molecule has 0 saturated carbocycles. The Balaban J connectivity index is 0. The van der Waals surface area contributed by atoms with E-state index in [0.717, 1.165) is 6.42 Å². The van der Waals surface area contributed by atoms with Gasteiger partial charge in [-0.3, -0.25) is 4.79 Å². The van der Waals surface area contributed by atoms with Gasteiger partial charge in [-0.1, -0.05) is 0 Å². The number of alkyl halides is 1. The predicted octanol–water partition coefficient (Wildman–Crippen LogP) is 2.54. The maximum atomic E-state index is 10.5. The summed E-state index contributed by atoms with van der Waals surface area (Å²) >= 11 is 5.42. The van der Waals surface area contributed by atoms with Gasteiger partial charge < -0.3 is 5.11 Å². The average Bonchev–Trinajstić information content (AvgIpc) is 1.84. The second-order valence-electron chi connectivity index (χ2n) is 2.98. The number of carbonyl (C=O) groups is 1. The molecule has 0 spiro atoms. The monoisotopic (exact) mass is 200 g/mol. The molecule has 0 fully saturated rings. The Morgan fingerprint density at radius 3 is 2.27 bits per heavy atom. The van der Waals surface area contributed by atoms with E-state index >= 15 is 0 Å². The number of rotatable bonds is 4. The molecular formula is C7H14Cl2O2. The molecule has 68 valence electrons. The minimum atomic E-state index is -0.752. The van der Waals surface area contributed by atoms with E-state index in [0.29, 0.717) is 12.3 Å². The van der Waals surface area contributed by atoms with Crippen molar-refractivity contribution in [2.45, 2.75) is 26.7 Å². The fraction of sp³-hybridized carbons (Fsp3) is 0.857. The quantitative estimate of drug-likeness (QED) is 0.709. The highest BCUT2D eigenvalue weighted by molar-refractivity contribution is 6.17. The molecule has 0 rings (SSSR count). The van der Waals surface area contributed by atoms with Crippen molar-refractivity contribution in [1.82, 2.24) is 0 Å². The Kier molecular flexibility index (Phi) is 7.02. The molecule has 0 radical (unpaired) electrons. The second-order valence-corrected chi connectivity index (χ2v) is 3.36. The van der Waals surface area contributed by atoms with Crippen LogP contribution in [0.5, 0.6) is 0 Å². The lowest BCUT2D eigenvalue weighted by Gasteiger charge is -2.17. The third-order valence-electron chi connectivity index (χ3n) is 1.51. The van der Waals surface area contributed by atoms with E-state index < -0.39 is 11.4 Å². The van der Waals surface area contributed by atoms with E-state index in [1.807, 2.05) is 0 Å². The zero-order chi connectivity index (χ0) is 8.20. The Morgan fingerprint density at radius 1 is 1.55 bits per heavy atom. The zero-order valence-electron chi connectivity index (χ0n) is 6.76. The van der Waals surface area contributed by atoms with Crippen LogP contribution in [0.4, 0.5) is 0 Å². The lowest BCUT2D eigenvalue weighted by atomic mass is 9.88. The van der Waals surface area contributed by atoms with Crippen LogP contribution >= 0.6 is 24.0 Å². The Bertz CT molecular complexity index is 124. The summed E-state index contributed by atoms with van der Waals surface area (Å²) in [5.74, 6) is -0.214. The lowest BCUT2D eigenvalue weighted by molar-refractivity contribution is -0.147. The van der Waals surface area contributed by atoms with E-state index in [-0.39, 0.29) is 12.4 Å². The molecule has 0 saturated heterocycles. The minimum Gasteiger partial charge on any atom is -0.481 e. The van der Waals surface area contributed by atoms with Crippen molar-refractivity contribution in [3.63, 3.8) is 0 Å². The van der Waals surface area contributed by atoms with Crippen LogP contribution < -0.4 is 0 Å². The summed E-state index contributed by atoms with van der Waals surface area (Å²) in [6.07, 6.45) is 1.41. The second kappa shape index (κ2) is 5.67. The largest absolute Gasteiger partial charge is 0.481 e. The van der Waals surface area contributed by atoms with Crippen LogP contribution in [0.25, 0.3) is 0 Å². The van der Waals surface area contributed by atoms with Crippen molar-refractivity contribution >= 4 is 30.0 Å². The van der Waals surface area contributed by atoms with Crippen LogP contribution in [-0.2, 0) is 4.79 Å². The molecule has 0 heterocycles. The minimum absolute atomic E-state index is 0. The molecule has 0 amide bonds. The van der Waals surface area contributed by atoms with Crippen molar-refractivity contribution in [3.05, 3.63) is 0 Å². The number of carboxylic acid groups (broad SMARTS) is 1. The highest BCUT2D eigenvalue weighted by Crippen LogP contribution is 2.22. The normalized spacial score (nSPS) is 10.5. The third-order valence-corrected chi connectivity index (χ3v) is 1.78. The fourth-order valence-corrected chi connectivity index (χ4v) is 0.749. The number of hydrogen-bond acceptors (Lipinski definition) is 1. The van der Waals surface area contributed by atoms with Crippen molar-refractivity contribution in [2.75, 3.05) is 5.88 Å². The first-order valence-electron chi connectivity index (χ1n) is 3.30. The molecule has 1 N–H and O–H groups in total. The summed E-state index contributed by atoms with van der Waals surface area (Å²) in [7, 11) is 0. The molecule has 0 bridgehead atoms. The number of carboxylic acids is 1. The predicted molar refractivity (Wildman–Crippen MR) is 48.6 cm³/mol. The number of halogens is 2. The van der Waals surface area contributed by atoms with Crippen molar-refractivity contribution in [1.29, 1.82) is 0 Å². The van der Waals surface area contributed by atoms with Crippen LogP contribution in [0, 0.1) is 5.41 Å². The summed E-state index contributed by atoms with van der Waals surface area (Å²) in [6.45, 7) is 3.42. The third kappa shape index (κ3) is 5.33. The molecular weight excluding hydrogens is 187 g/mol. The van der Waals surface area contributed by atoms with Gasteiger partial charge in [-0.05, 0) is 26.7 Å². The highest BCUT2D eigenvalue weighted by Gasteiger charge is 2.25. The molecule has 11 heavy (non-hydrogen) atoms. The molecule has 0 aliphatic rings. The summed E-state index contributed by atoms with van der Waals surface area (Å²) in [4.78, 5) is 10.5. The van der Waals surface area contributed by atoms with Crippen molar-refractivity contribution in [3.8, 4) is 0 Å². The van der Waals surface area contributed by atoms with Gasteiger partial charge in [0.15, 0.2) is 0 Å². The van der Waals surface area contributed by atoms with Gasteiger partial charge in [0.05, 0.1) is 5.41 Å². The average molecular weight is 201 g/mol. The molecule has 0 aliphatic carbocycles. The summed E-state index contributed by atoms with van der Waals surface area (Å²) in [5.41, 5.74) is -0.616. The standard InChI is InChI=1S/C7H13ClO2.ClH/c1-7(2,6(9)10)4-3-5-8;/h3-5H2,1-2H3,(H,9,10);1H. The molecule has 0 atom stereocenters. The van der Waals surface area contributed by atoms with Gasteiger partial charge >= 0.3 is 5.97 Å². The Labute approximate surface area is 78.3 Å². The van der Waals surface area contributed by atoms with Gasteiger partial charge in [0.2, 0.25) is 0 Å². The van der Waals surface area contributed by atoms with Crippen LogP contribution in [0.3, 0.4) is 0 Å². The number of aliphatic carboxylic acids is 1. The van der Waals surface area contributed by atoms with Crippen molar-refractivity contribution < 1.29 is 9.90 Å². The van der Waals surface area contributed by atoms with Crippen LogP contribution in [0.15, 0.2) is 0 Å². The SMILES string of the molecule is CC(C)(CCCCl)C(=O)O.Cl. The summed E-state index contributed by atoms with van der Waals surface area (Å²) < 4.78 is 0. The van der Waals surface area contributed by atoms with E-state index in [9.17, 15) is 4.79 Å². The fourth-order valence-electron chi connectivity index (χ4n) is 0.616. The Morgan fingerprint density at radius 2 is 2.00 bits per heavy atom. The molecule has 0 aromatic carbocycles. The molecule has 0 unspecified atom stereocenters. The van der Waals surface area contributed by atoms with Gasteiger partial charge in [0, 0.05) is 5.88 Å². The van der Waals surface area contributed by atoms with Gasteiger partial charge in [0.1, 0.15) is 0 Å². The summed E-state index contributed by atoms with van der Waals surface area (Å²) in [5, 5.41) is 8.62. The molecule has 4 heteroatoms. The molecule has 0 aliphatic heterocycles. The van der Waals surface area contributed by atoms with E-state index in [1.165, 1.54) is 0 Å². The van der Waals surface area contributed by atoms with E-state index in [2.05, 4.69) is 0 Å². The first-order chi connectivity index (χ1) is 4.50. The smallest absolute Gasteiger partial charge is 0.309 e. The van der Waals surface area contributed by atoms with Gasteiger partial charge in [-0.15, -0.1) is 24.0 Å². The lowest BCUT2D eigenvalue weighted by Crippen LogP contribution is -2.23. The van der Waals surface area contributed by atoms with Gasteiger partial charge in [-0.25, -0.2) is 0 Å². The first-order valence-corrected chi connectivity index (χ1v) is 3.83. The molecule has 2 nitrogen and oxygen atoms in total. The molecule has 0 aromatic rings. The highest BCUT2D eigenvalue weighted by atomic mass is 35.5. The topological polar surface area (TPSA) is 37.3 Å².